The van der Waals surface area contributed by atoms with E-state index in [9.17, 15) is 13.2 Å². The molecule has 2 unspecified atom stereocenters. The zero-order valence-corrected chi connectivity index (χ0v) is 11.8. The van der Waals surface area contributed by atoms with Gasteiger partial charge in [0.2, 0.25) is 0 Å². The van der Waals surface area contributed by atoms with Gasteiger partial charge in [-0.25, -0.2) is 0 Å². The normalized spacial score (nSPS) is 24.3. The first kappa shape index (κ1) is 14.7. The zero-order valence-electron chi connectivity index (χ0n) is 10.2. The Morgan fingerprint density at radius 3 is 2.47 bits per heavy atom. The minimum absolute atomic E-state index is 0.0528. The maximum absolute atomic E-state index is 12.5. The number of rotatable bonds is 2. The monoisotopic (exact) mass is 337 g/mol. The van der Waals surface area contributed by atoms with Crippen LogP contribution in [0.25, 0.3) is 0 Å². The van der Waals surface area contributed by atoms with E-state index in [4.69, 9.17) is 10.5 Å². The molecule has 0 bridgehead atoms. The second kappa shape index (κ2) is 5.71. The van der Waals surface area contributed by atoms with Crippen LogP contribution in [0.4, 0.5) is 13.2 Å². The summed E-state index contributed by atoms with van der Waals surface area (Å²) in [4.78, 5) is 0. The van der Waals surface area contributed by atoms with Gasteiger partial charge in [0.05, 0.1) is 10.0 Å². The average molecular weight is 338 g/mol. The second-order valence-electron chi connectivity index (χ2n) is 4.75. The molecule has 2 N–H and O–H groups in total. The Kier molecular flexibility index (Phi) is 4.40. The van der Waals surface area contributed by atoms with Gasteiger partial charge in [0.25, 0.3) is 0 Å². The van der Waals surface area contributed by atoms with Gasteiger partial charge < -0.3 is 10.5 Å². The number of nitrogens with two attached hydrogens (primary N) is 1. The highest BCUT2D eigenvalue weighted by Crippen LogP contribution is 2.36. The Bertz CT molecular complexity index is 450. The lowest BCUT2D eigenvalue weighted by Gasteiger charge is -2.29. The van der Waals surface area contributed by atoms with E-state index in [2.05, 4.69) is 15.9 Å². The quantitative estimate of drug-likeness (QED) is 0.881. The zero-order chi connectivity index (χ0) is 14.0. The van der Waals surface area contributed by atoms with Crippen LogP contribution in [0, 0.1) is 0 Å². The van der Waals surface area contributed by atoms with E-state index in [1.54, 1.807) is 0 Å². The molecule has 0 saturated heterocycles. The topological polar surface area (TPSA) is 35.2 Å². The minimum atomic E-state index is -4.34. The van der Waals surface area contributed by atoms with Gasteiger partial charge in [0.15, 0.2) is 0 Å². The summed E-state index contributed by atoms with van der Waals surface area (Å²) in [7, 11) is 0. The van der Waals surface area contributed by atoms with Gasteiger partial charge in [-0.05, 0) is 53.4 Å². The summed E-state index contributed by atoms with van der Waals surface area (Å²) < 4.78 is 43.6. The van der Waals surface area contributed by atoms with E-state index in [1.807, 2.05) is 0 Å². The number of alkyl halides is 3. The summed E-state index contributed by atoms with van der Waals surface area (Å²) in [5.74, 6) is 0.412. The molecule has 1 fully saturated rings. The molecule has 2 nitrogen and oxygen atoms in total. The third-order valence-corrected chi connectivity index (χ3v) is 3.91. The summed E-state index contributed by atoms with van der Waals surface area (Å²) in [6.45, 7) is 0. The standard InChI is InChI=1S/C13H15BrF3NO/c14-9-7-8(13(15,16)17)5-6-11(9)19-12-4-2-1-3-10(12)18/h5-7,10,12H,1-4,18H2. The van der Waals surface area contributed by atoms with Crippen LogP contribution in [0.15, 0.2) is 22.7 Å². The molecule has 1 aliphatic carbocycles. The van der Waals surface area contributed by atoms with Gasteiger partial charge in [-0.1, -0.05) is 6.42 Å². The predicted octanol–water partition coefficient (Wildman–Crippen LogP) is 4.12. The lowest BCUT2D eigenvalue weighted by atomic mass is 9.93. The largest absolute Gasteiger partial charge is 0.488 e. The first-order valence-corrected chi connectivity index (χ1v) is 6.96. The van der Waals surface area contributed by atoms with Crippen molar-refractivity contribution in [3.63, 3.8) is 0 Å². The summed E-state index contributed by atoms with van der Waals surface area (Å²) in [6.07, 6.45) is -0.618. The van der Waals surface area contributed by atoms with Crippen LogP contribution in [0.5, 0.6) is 5.75 Å². The van der Waals surface area contributed by atoms with Crippen LogP contribution in [-0.4, -0.2) is 12.1 Å². The van der Waals surface area contributed by atoms with Crippen molar-refractivity contribution in [1.82, 2.24) is 0 Å². The van der Waals surface area contributed by atoms with Crippen LogP contribution in [0.3, 0.4) is 0 Å². The van der Waals surface area contributed by atoms with Gasteiger partial charge >= 0.3 is 6.18 Å². The van der Waals surface area contributed by atoms with E-state index >= 15 is 0 Å². The molecule has 2 atom stereocenters. The fraction of sp³-hybridized carbons (Fsp3) is 0.538. The van der Waals surface area contributed by atoms with E-state index in [1.165, 1.54) is 6.07 Å². The van der Waals surface area contributed by atoms with Crippen LogP contribution in [0.1, 0.15) is 31.2 Å². The SMILES string of the molecule is NC1CCCCC1Oc1ccc(C(F)(F)F)cc1Br. The Hall–Kier alpha value is -0.750. The summed E-state index contributed by atoms with van der Waals surface area (Å²) in [6, 6.07) is 3.34. The molecule has 0 amide bonds. The van der Waals surface area contributed by atoms with Gasteiger partial charge in [0.1, 0.15) is 11.9 Å². The van der Waals surface area contributed by atoms with Crippen molar-refractivity contribution in [1.29, 1.82) is 0 Å². The number of ether oxygens (including phenoxy) is 1. The van der Waals surface area contributed by atoms with Crippen molar-refractivity contribution in [2.24, 2.45) is 5.73 Å². The van der Waals surface area contributed by atoms with Gasteiger partial charge in [-0.15, -0.1) is 0 Å². The first-order valence-electron chi connectivity index (χ1n) is 6.17. The van der Waals surface area contributed by atoms with E-state index in [-0.39, 0.29) is 12.1 Å². The van der Waals surface area contributed by atoms with Gasteiger partial charge in [-0.3, -0.25) is 0 Å². The van der Waals surface area contributed by atoms with Crippen LogP contribution in [0.2, 0.25) is 0 Å². The number of halogens is 4. The Labute approximate surface area is 118 Å². The maximum atomic E-state index is 12.5. The summed E-state index contributed by atoms with van der Waals surface area (Å²) in [5.41, 5.74) is 5.26. The highest BCUT2D eigenvalue weighted by atomic mass is 79.9. The molecule has 0 heterocycles. The highest BCUT2D eigenvalue weighted by Gasteiger charge is 2.31. The first-order chi connectivity index (χ1) is 8.88. The van der Waals surface area contributed by atoms with Crippen molar-refractivity contribution >= 4 is 15.9 Å². The predicted molar refractivity (Wildman–Crippen MR) is 70.0 cm³/mol. The van der Waals surface area contributed by atoms with Crippen LogP contribution in [-0.2, 0) is 6.18 Å². The fourth-order valence-electron chi connectivity index (χ4n) is 2.21. The molecule has 0 aromatic heterocycles. The molecule has 19 heavy (non-hydrogen) atoms. The molecule has 0 radical (unpaired) electrons. The summed E-state index contributed by atoms with van der Waals surface area (Å²) >= 11 is 3.12. The molecule has 1 aliphatic rings. The number of benzene rings is 1. The third-order valence-electron chi connectivity index (χ3n) is 3.29. The van der Waals surface area contributed by atoms with Crippen molar-refractivity contribution in [2.75, 3.05) is 0 Å². The Morgan fingerprint density at radius 2 is 1.89 bits per heavy atom. The number of hydrogen-bond donors (Lipinski definition) is 1. The molecule has 1 saturated carbocycles. The van der Waals surface area contributed by atoms with Crippen molar-refractivity contribution < 1.29 is 17.9 Å². The molecular weight excluding hydrogens is 323 g/mol. The van der Waals surface area contributed by atoms with Crippen molar-refractivity contribution in [2.45, 2.75) is 44.0 Å². The average Bonchev–Trinajstić information content (AvgIpc) is 2.33. The lowest BCUT2D eigenvalue weighted by molar-refractivity contribution is -0.137. The summed E-state index contributed by atoms with van der Waals surface area (Å²) in [5, 5.41) is 0. The molecule has 6 heteroatoms. The lowest BCUT2D eigenvalue weighted by Crippen LogP contribution is -2.41. The van der Waals surface area contributed by atoms with E-state index in [0.29, 0.717) is 10.2 Å². The Morgan fingerprint density at radius 1 is 1.21 bits per heavy atom. The van der Waals surface area contributed by atoms with Crippen LogP contribution < -0.4 is 10.5 Å². The molecule has 0 spiro atoms. The molecular formula is C13H15BrF3NO. The smallest absolute Gasteiger partial charge is 0.416 e. The molecule has 1 aromatic carbocycles. The molecule has 0 aliphatic heterocycles. The maximum Gasteiger partial charge on any atom is 0.416 e. The number of hydrogen-bond acceptors (Lipinski definition) is 2. The van der Waals surface area contributed by atoms with Crippen LogP contribution >= 0.6 is 15.9 Å². The van der Waals surface area contributed by atoms with E-state index < -0.39 is 11.7 Å². The van der Waals surface area contributed by atoms with Gasteiger partial charge in [0, 0.05) is 6.04 Å². The second-order valence-corrected chi connectivity index (χ2v) is 5.60. The molecule has 106 valence electrons. The Balaban J connectivity index is 2.13. The minimum Gasteiger partial charge on any atom is -0.488 e. The third kappa shape index (κ3) is 3.63. The molecule has 2 rings (SSSR count). The molecule has 1 aromatic rings. The van der Waals surface area contributed by atoms with Gasteiger partial charge in [-0.2, -0.15) is 13.2 Å². The van der Waals surface area contributed by atoms with Crippen molar-refractivity contribution in [3.8, 4) is 5.75 Å². The fourth-order valence-corrected chi connectivity index (χ4v) is 2.68. The van der Waals surface area contributed by atoms with Crippen molar-refractivity contribution in [3.05, 3.63) is 28.2 Å². The highest BCUT2D eigenvalue weighted by molar-refractivity contribution is 9.10. The van der Waals surface area contributed by atoms with E-state index in [0.717, 1.165) is 37.8 Å².